The number of rotatable bonds is 5. The van der Waals surface area contributed by atoms with Crippen molar-refractivity contribution < 1.29 is 9.53 Å². The standard InChI is InChI=1S/C25H26N8O2/c1-26-22-17-12-27-20(29-24(34)19-11-25(19)4-5-25)10-16(17)18(13-28-22)23-30-21-3-2-15(14-33(21)31-23)32-6-8-35-9-7-32/h2-3,10,12-14,19H,4-9,11H2,1H3,(H,26,28)(H,27,29,34)/t19-/m1/s1. The highest BCUT2D eigenvalue weighted by Crippen LogP contribution is 2.70. The smallest absolute Gasteiger partial charge is 0.229 e. The highest BCUT2D eigenvalue weighted by molar-refractivity contribution is 6.03. The van der Waals surface area contributed by atoms with Gasteiger partial charge in [-0.15, -0.1) is 5.10 Å². The Balaban J connectivity index is 1.26. The summed E-state index contributed by atoms with van der Waals surface area (Å²) in [5, 5.41) is 12.7. The van der Waals surface area contributed by atoms with Gasteiger partial charge in [0.2, 0.25) is 5.91 Å². The molecule has 7 rings (SSSR count). The topological polar surface area (TPSA) is 110 Å². The predicted molar refractivity (Wildman–Crippen MR) is 133 cm³/mol. The number of fused-ring (bicyclic) bond motifs is 2. The van der Waals surface area contributed by atoms with Crippen molar-refractivity contribution in [2.75, 3.05) is 48.9 Å². The van der Waals surface area contributed by atoms with Crippen LogP contribution in [0.2, 0.25) is 0 Å². The van der Waals surface area contributed by atoms with Gasteiger partial charge in [0.25, 0.3) is 0 Å². The lowest BCUT2D eigenvalue weighted by molar-refractivity contribution is -0.117. The molecule has 5 heterocycles. The molecule has 1 atom stereocenters. The molecular formula is C25H26N8O2. The van der Waals surface area contributed by atoms with Crippen LogP contribution in [0.25, 0.3) is 27.8 Å². The van der Waals surface area contributed by atoms with Crippen molar-refractivity contribution in [1.29, 1.82) is 0 Å². The third kappa shape index (κ3) is 3.47. The van der Waals surface area contributed by atoms with Crippen molar-refractivity contribution >= 4 is 39.6 Å². The average Bonchev–Trinajstić information content (AvgIpc) is 3.79. The average molecular weight is 471 g/mol. The summed E-state index contributed by atoms with van der Waals surface area (Å²) < 4.78 is 7.28. The number of amides is 1. The van der Waals surface area contributed by atoms with Gasteiger partial charge in [-0.05, 0) is 42.9 Å². The summed E-state index contributed by atoms with van der Waals surface area (Å²) in [4.78, 5) is 28.8. The van der Waals surface area contributed by atoms with Gasteiger partial charge in [-0.1, -0.05) is 0 Å². The number of hydrogen-bond donors (Lipinski definition) is 2. The molecule has 2 N–H and O–H groups in total. The lowest BCUT2D eigenvalue weighted by atomic mass is 10.1. The number of pyridine rings is 3. The summed E-state index contributed by atoms with van der Waals surface area (Å²) in [7, 11) is 1.83. The number of nitrogens with one attached hydrogen (secondary N) is 2. The molecular weight excluding hydrogens is 444 g/mol. The van der Waals surface area contributed by atoms with Crippen molar-refractivity contribution in [3.63, 3.8) is 0 Å². The van der Waals surface area contributed by atoms with Crippen LogP contribution in [0.4, 0.5) is 17.3 Å². The minimum Gasteiger partial charge on any atom is -0.378 e. The second-order valence-electron chi connectivity index (χ2n) is 9.72. The van der Waals surface area contributed by atoms with Gasteiger partial charge in [-0.3, -0.25) is 4.79 Å². The van der Waals surface area contributed by atoms with E-state index in [9.17, 15) is 4.79 Å². The van der Waals surface area contributed by atoms with E-state index in [0.29, 0.717) is 22.9 Å². The first-order chi connectivity index (χ1) is 17.1. The van der Waals surface area contributed by atoms with Crippen molar-refractivity contribution in [3.05, 3.63) is 36.8 Å². The van der Waals surface area contributed by atoms with Crippen LogP contribution in [-0.2, 0) is 9.53 Å². The van der Waals surface area contributed by atoms with Crippen molar-refractivity contribution in [2.45, 2.75) is 19.3 Å². The zero-order valence-electron chi connectivity index (χ0n) is 19.5. The van der Waals surface area contributed by atoms with Crippen LogP contribution in [0, 0.1) is 11.3 Å². The molecule has 4 aromatic rings. The van der Waals surface area contributed by atoms with Crippen LogP contribution in [0.1, 0.15) is 19.3 Å². The first-order valence-electron chi connectivity index (χ1n) is 12.1. The van der Waals surface area contributed by atoms with Gasteiger partial charge in [0.15, 0.2) is 11.5 Å². The zero-order chi connectivity index (χ0) is 23.6. The maximum absolute atomic E-state index is 12.7. The minimum atomic E-state index is 0.0697. The minimum absolute atomic E-state index is 0.0697. The molecule has 1 spiro atoms. The lowest BCUT2D eigenvalue weighted by Gasteiger charge is -2.28. The Labute approximate surface area is 201 Å². The van der Waals surface area contributed by atoms with Gasteiger partial charge in [-0.25, -0.2) is 19.5 Å². The zero-order valence-corrected chi connectivity index (χ0v) is 19.5. The van der Waals surface area contributed by atoms with E-state index in [1.165, 1.54) is 12.8 Å². The Morgan fingerprint density at radius 1 is 1.14 bits per heavy atom. The Morgan fingerprint density at radius 3 is 2.77 bits per heavy atom. The summed E-state index contributed by atoms with van der Waals surface area (Å²) in [5.41, 5.74) is 2.94. The maximum Gasteiger partial charge on any atom is 0.229 e. The number of carbonyl (C=O) groups excluding carboxylic acids is 1. The summed E-state index contributed by atoms with van der Waals surface area (Å²) >= 11 is 0. The SMILES string of the molecule is CNc1ncc(-c2nc3ccc(N4CCOCC4)cn3n2)c2cc(NC(=O)[C@H]3CC34CC4)ncc12. The number of ether oxygens (including phenoxy) is 1. The van der Waals surface area contributed by atoms with Gasteiger partial charge in [0, 0.05) is 54.8 Å². The van der Waals surface area contributed by atoms with Gasteiger partial charge < -0.3 is 20.3 Å². The molecule has 0 unspecified atom stereocenters. The van der Waals surface area contributed by atoms with Gasteiger partial charge in [-0.2, -0.15) is 0 Å². The lowest BCUT2D eigenvalue weighted by Crippen LogP contribution is -2.36. The Hall–Kier alpha value is -3.79. The van der Waals surface area contributed by atoms with Gasteiger partial charge >= 0.3 is 0 Å². The molecule has 10 heteroatoms. The molecule has 178 valence electrons. The molecule has 35 heavy (non-hydrogen) atoms. The fraction of sp³-hybridized carbons (Fsp3) is 0.400. The predicted octanol–water partition coefficient (Wildman–Crippen LogP) is 2.96. The van der Waals surface area contributed by atoms with Crippen molar-refractivity contribution in [1.82, 2.24) is 24.6 Å². The molecule has 2 aliphatic carbocycles. The van der Waals surface area contributed by atoms with Crippen LogP contribution in [-0.4, -0.2) is 63.8 Å². The number of morpholine rings is 1. The Morgan fingerprint density at radius 2 is 2.00 bits per heavy atom. The van der Waals surface area contributed by atoms with E-state index in [0.717, 1.165) is 60.4 Å². The van der Waals surface area contributed by atoms with Crippen molar-refractivity contribution in [2.24, 2.45) is 11.3 Å². The van der Waals surface area contributed by atoms with E-state index in [4.69, 9.17) is 14.8 Å². The van der Waals surface area contributed by atoms with E-state index in [-0.39, 0.29) is 11.8 Å². The third-order valence-corrected chi connectivity index (χ3v) is 7.59. The number of aromatic nitrogens is 5. The van der Waals surface area contributed by atoms with Crippen LogP contribution in [0.3, 0.4) is 0 Å². The Bertz CT molecular complexity index is 1470. The monoisotopic (exact) mass is 470 g/mol. The summed E-state index contributed by atoms with van der Waals surface area (Å²) in [6.07, 6.45) is 8.88. The van der Waals surface area contributed by atoms with Crippen molar-refractivity contribution in [3.8, 4) is 11.4 Å². The molecule has 10 nitrogen and oxygen atoms in total. The summed E-state index contributed by atoms with van der Waals surface area (Å²) in [6, 6.07) is 5.95. The van der Waals surface area contributed by atoms with E-state index < -0.39 is 0 Å². The fourth-order valence-electron chi connectivity index (χ4n) is 5.22. The second-order valence-corrected chi connectivity index (χ2v) is 9.72. The third-order valence-electron chi connectivity index (χ3n) is 7.59. The van der Waals surface area contributed by atoms with Gasteiger partial charge in [0.1, 0.15) is 11.6 Å². The Kier molecular flexibility index (Phi) is 4.47. The van der Waals surface area contributed by atoms with E-state index >= 15 is 0 Å². The molecule has 0 radical (unpaired) electrons. The molecule has 2 saturated carbocycles. The number of carbonyl (C=O) groups is 1. The maximum atomic E-state index is 12.7. The highest BCUT2D eigenvalue weighted by atomic mass is 16.5. The van der Waals surface area contributed by atoms with E-state index in [1.807, 2.05) is 29.9 Å². The highest BCUT2D eigenvalue weighted by Gasteiger charge is 2.65. The van der Waals surface area contributed by atoms with Crippen LogP contribution >= 0.6 is 0 Å². The summed E-state index contributed by atoms with van der Waals surface area (Å²) in [5.74, 6) is 2.03. The first kappa shape index (κ1) is 20.6. The van der Waals surface area contributed by atoms with Crippen LogP contribution in [0.5, 0.6) is 0 Å². The molecule has 0 bridgehead atoms. The van der Waals surface area contributed by atoms with E-state index in [2.05, 4.69) is 31.6 Å². The normalized spacial score (nSPS) is 20.4. The molecule has 3 fully saturated rings. The van der Waals surface area contributed by atoms with Gasteiger partial charge in [0.05, 0.1) is 25.1 Å². The molecule has 0 aromatic carbocycles. The molecule has 3 aliphatic rings. The number of hydrogen-bond acceptors (Lipinski definition) is 8. The second kappa shape index (κ2) is 7.61. The molecule has 1 aliphatic heterocycles. The quantitative estimate of drug-likeness (QED) is 0.458. The molecule has 4 aromatic heterocycles. The largest absolute Gasteiger partial charge is 0.378 e. The fourth-order valence-corrected chi connectivity index (χ4v) is 5.22. The summed E-state index contributed by atoms with van der Waals surface area (Å²) in [6.45, 7) is 3.17. The first-order valence-corrected chi connectivity index (χ1v) is 12.1. The number of anilines is 3. The van der Waals surface area contributed by atoms with Crippen LogP contribution in [0.15, 0.2) is 36.8 Å². The molecule has 1 saturated heterocycles. The number of nitrogens with zero attached hydrogens (tertiary/aromatic N) is 6. The van der Waals surface area contributed by atoms with E-state index in [1.54, 1.807) is 12.4 Å². The molecule has 1 amide bonds. The van der Waals surface area contributed by atoms with Crippen LogP contribution < -0.4 is 15.5 Å².